The number of hydrogen-bond donors (Lipinski definition) is 1. The molecule has 1 heterocycles. The molecule has 74 valence electrons. The van der Waals surface area contributed by atoms with Crippen LogP contribution < -0.4 is 5.73 Å². The van der Waals surface area contributed by atoms with Crippen LogP contribution in [0.4, 0.5) is 0 Å². The van der Waals surface area contributed by atoms with Gasteiger partial charge >= 0.3 is 0 Å². The van der Waals surface area contributed by atoms with E-state index in [1.54, 1.807) is 11.8 Å². The molecule has 0 atom stereocenters. The Labute approximate surface area is 82.9 Å². The lowest BCUT2D eigenvalue weighted by molar-refractivity contribution is 0.629. The van der Waals surface area contributed by atoms with E-state index in [0.29, 0.717) is 6.54 Å². The zero-order valence-electron chi connectivity index (χ0n) is 8.16. The lowest BCUT2D eigenvalue weighted by atomic mass is 10.3. The number of thioether (sulfide) groups is 1. The monoisotopic (exact) mass is 200 g/mol. The number of nitrogens with two attached hydrogens (primary N) is 1. The van der Waals surface area contributed by atoms with Gasteiger partial charge in [0.2, 0.25) is 0 Å². The average molecular weight is 200 g/mol. The molecule has 1 rings (SSSR count). The van der Waals surface area contributed by atoms with Gasteiger partial charge < -0.3 is 10.3 Å². The molecular weight excluding hydrogens is 184 g/mol. The molecule has 0 aliphatic carbocycles. The maximum atomic E-state index is 5.44. The zero-order chi connectivity index (χ0) is 9.68. The van der Waals surface area contributed by atoms with Crippen molar-refractivity contribution in [1.82, 2.24) is 14.8 Å². The molecule has 1 aromatic heterocycles. The summed E-state index contributed by atoms with van der Waals surface area (Å²) >= 11 is 1.63. The summed E-state index contributed by atoms with van der Waals surface area (Å²) in [5.74, 6) is 1.05. The van der Waals surface area contributed by atoms with Crippen molar-refractivity contribution < 1.29 is 0 Å². The van der Waals surface area contributed by atoms with Crippen LogP contribution in [0.1, 0.15) is 19.2 Å². The van der Waals surface area contributed by atoms with Gasteiger partial charge in [-0.05, 0) is 26.1 Å². The highest BCUT2D eigenvalue weighted by atomic mass is 32.2. The number of nitrogens with zero attached hydrogens (tertiary/aromatic N) is 3. The lowest BCUT2D eigenvalue weighted by Crippen LogP contribution is -2.06. The molecule has 1 aromatic rings. The number of hydrogen-bond acceptors (Lipinski definition) is 4. The van der Waals surface area contributed by atoms with E-state index in [-0.39, 0.29) is 0 Å². The van der Waals surface area contributed by atoms with Gasteiger partial charge in [-0.25, -0.2) is 0 Å². The second-order valence-corrected chi connectivity index (χ2v) is 3.51. The summed E-state index contributed by atoms with van der Waals surface area (Å²) in [5.41, 5.74) is 5.44. The first-order chi connectivity index (χ1) is 6.33. The minimum atomic E-state index is 0.713. The highest BCUT2D eigenvalue weighted by Gasteiger charge is 2.08. The van der Waals surface area contributed by atoms with Crippen molar-refractivity contribution in [2.24, 2.45) is 5.73 Å². The van der Waals surface area contributed by atoms with E-state index in [9.17, 15) is 0 Å². The number of aromatic nitrogens is 3. The van der Waals surface area contributed by atoms with Crippen LogP contribution in [0.15, 0.2) is 5.16 Å². The van der Waals surface area contributed by atoms with Gasteiger partial charge in [0.15, 0.2) is 5.16 Å². The molecule has 0 fully saturated rings. The van der Waals surface area contributed by atoms with Crippen molar-refractivity contribution in [2.75, 3.05) is 12.8 Å². The lowest BCUT2D eigenvalue weighted by Gasteiger charge is -2.04. The second-order valence-electron chi connectivity index (χ2n) is 2.74. The van der Waals surface area contributed by atoms with Gasteiger partial charge in [0, 0.05) is 13.0 Å². The van der Waals surface area contributed by atoms with Crippen molar-refractivity contribution in [2.45, 2.75) is 31.5 Å². The molecule has 0 aromatic carbocycles. The first-order valence-electron chi connectivity index (χ1n) is 4.49. The second kappa shape index (κ2) is 5.24. The van der Waals surface area contributed by atoms with Crippen molar-refractivity contribution in [3.05, 3.63) is 5.82 Å². The normalized spacial score (nSPS) is 10.7. The van der Waals surface area contributed by atoms with Crippen molar-refractivity contribution in [1.29, 1.82) is 0 Å². The Hall–Kier alpha value is -0.550. The third kappa shape index (κ3) is 2.45. The fourth-order valence-electron chi connectivity index (χ4n) is 1.23. The molecule has 0 saturated carbocycles. The van der Waals surface area contributed by atoms with Crippen LogP contribution >= 0.6 is 11.8 Å². The van der Waals surface area contributed by atoms with Crippen LogP contribution in [0.5, 0.6) is 0 Å². The van der Waals surface area contributed by atoms with Gasteiger partial charge in [-0.15, -0.1) is 10.2 Å². The summed E-state index contributed by atoms with van der Waals surface area (Å²) in [7, 11) is 0. The van der Waals surface area contributed by atoms with E-state index in [4.69, 9.17) is 5.73 Å². The summed E-state index contributed by atoms with van der Waals surface area (Å²) in [6.07, 6.45) is 3.92. The molecular formula is C8H16N4S. The standard InChI is InChI=1S/C8H16N4S/c1-3-12-7(5-4-6-9)10-11-8(12)13-2/h3-6,9H2,1-2H3. The van der Waals surface area contributed by atoms with E-state index in [1.165, 1.54) is 0 Å². The van der Waals surface area contributed by atoms with Crippen LogP contribution in [0, 0.1) is 0 Å². The molecule has 0 unspecified atom stereocenters. The zero-order valence-corrected chi connectivity index (χ0v) is 8.97. The van der Waals surface area contributed by atoms with E-state index in [0.717, 1.165) is 30.4 Å². The summed E-state index contributed by atoms with van der Waals surface area (Å²) in [4.78, 5) is 0. The molecule has 0 saturated heterocycles. The Bertz CT molecular complexity index is 259. The van der Waals surface area contributed by atoms with Gasteiger partial charge in [0.1, 0.15) is 5.82 Å². The topological polar surface area (TPSA) is 56.7 Å². The van der Waals surface area contributed by atoms with Crippen LogP contribution in [-0.2, 0) is 13.0 Å². The van der Waals surface area contributed by atoms with Crippen molar-refractivity contribution in [3.63, 3.8) is 0 Å². The predicted molar refractivity (Wildman–Crippen MR) is 54.9 cm³/mol. The first-order valence-corrected chi connectivity index (χ1v) is 5.72. The van der Waals surface area contributed by atoms with Crippen molar-refractivity contribution in [3.8, 4) is 0 Å². The average Bonchev–Trinajstić information content (AvgIpc) is 2.56. The van der Waals surface area contributed by atoms with Crippen LogP contribution in [-0.4, -0.2) is 27.6 Å². The first kappa shape index (κ1) is 10.5. The van der Waals surface area contributed by atoms with Gasteiger partial charge in [-0.3, -0.25) is 0 Å². The summed E-state index contributed by atoms with van der Waals surface area (Å²) in [5, 5.41) is 9.22. The fraction of sp³-hybridized carbons (Fsp3) is 0.750. The Morgan fingerprint density at radius 3 is 2.77 bits per heavy atom. The third-order valence-electron chi connectivity index (χ3n) is 1.90. The summed E-state index contributed by atoms with van der Waals surface area (Å²) in [6.45, 7) is 3.75. The van der Waals surface area contributed by atoms with E-state index >= 15 is 0 Å². The Balaban J connectivity index is 2.75. The SMILES string of the molecule is CCn1c(CCCN)nnc1SC. The van der Waals surface area contributed by atoms with Crippen LogP contribution in [0.3, 0.4) is 0 Å². The van der Waals surface area contributed by atoms with Gasteiger partial charge in [-0.2, -0.15) is 0 Å². The molecule has 5 heteroatoms. The molecule has 13 heavy (non-hydrogen) atoms. The molecule has 0 amide bonds. The van der Waals surface area contributed by atoms with E-state index < -0.39 is 0 Å². The van der Waals surface area contributed by atoms with Crippen molar-refractivity contribution >= 4 is 11.8 Å². The van der Waals surface area contributed by atoms with E-state index in [1.807, 2.05) is 6.26 Å². The largest absolute Gasteiger partial charge is 0.330 e. The summed E-state index contributed by atoms with van der Waals surface area (Å²) in [6, 6.07) is 0. The van der Waals surface area contributed by atoms with Gasteiger partial charge in [0.05, 0.1) is 0 Å². The predicted octanol–water partition coefficient (Wildman–Crippen LogP) is 0.911. The molecule has 0 bridgehead atoms. The molecule has 0 spiro atoms. The van der Waals surface area contributed by atoms with Gasteiger partial charge in [0.25, 0.3) is 0 Å². The highest BCUT2D eigenvalue weighted by Crippen LogP contribution is 2.13. The molecule has 0 radical (unpaired) electrons. The van der Waals surface area contributed by atoms with Crippen LogP contribution in [0.25, 0.3) is 0 Å². The highest BCUT2D eigenvalue weighted by molar-refractivity contribution is 7.98. The van der Waals surface area contributed by atoms with Crippen LogP contribution in [0.2, 0.25) is 0 Å². The summed E-state index contributed by atoms with van der Waals surface area (Å²) < 4.78 is 2.14. The number of rotatable bonds is 5. The number of aryl methyl sites for hydroxylation is 1. The molecule has 0 aliphatic rings. The Morgan fingerprint density at radius 2 is 2.23 bits per heavy atom. The molecule has 2 N–H and O–H groups in total. The minimum Gasteiger partial charge on any atom is -0.330 e. The van der Waals surface area contributed by atoms with Gasteiger partial charge in [-0.1, -0.05) is 11.8 Å². The molecule has 0 aliphatic heterocycles. The Morgan fingerprint density at radius 1 is 1.46 bits per heavy atom. The minimum absolute atomic E-state index is 0.713. The van der Waals surface area contributed by atoms with E-state index in [2.05, 4.69) is 21.7 Å². The fourth-order valence-corrected chi connectivity index (χ4v) is 1.81. The third-order valence-corrected chi connectivity index (χ3v) is 2.56. The smallest absolute Gasteiger partial charge is 0.190 e. The quantitative estimate of drug-likeness (QED) is 0.718. The maximum absolute atomic E-state index is 5.44. The Kier molecular flexibility index (Phi) is 4.24. The maximum Gasteiger partial charge on any atom is 0.190 e. The molecule has 4 nitrogen and oxygen atoms in total.